The molecule has 0 aliphatic carbocycles. The van der Waals surface area contributed by atoms with Crippen molar-refractivity contribution in [3.63, 3.8) is 0 Å². The number of anilines is 2. The van der Waals surface area contributed by atoms with Gasteiger partial charge in [0.15, 0.2) is 0 Å². The lowest BCUT2D eigenvalue weighted by atomic mass is 10.1. The molecule has 0 radical (unpaired) electrons. The Balaban J connectivity index is 2.66. The molecule has 1 amide bonds. The molecule has 28 heavy (non-hydrogen) atoms. The maximum atomic E-state index is 12.5. The number of amides is 1. The second-order valence-electron chi connectivity index (χ2n) is 5.46. The van der Waals surface area contributed by atoms with Crippen LogP contribution >= 0.6 is 11.6 Å². The quantitative estimate of drug-likeness (QED) is 0.725. The summed E-state index contributed by atoms with van der Waals surface area (Å²) >= 11 is 6.13. The molecule has 0 atom stereocenters. The molecule has 0 unspecified atom stereocenters. The molecule has 0 bridgehead atoms. The summed E-state index contributed by atoms with van der Waals surface area (Å²) in [5, 5.41) is 3.04. The van der Waals surface area contributed by atoms with Crippen LogP contribution in [0.2, 0.25) is 5.02 Å². The average molecular weight is 407 g/mol. The standard InChI is InChI=1S/C19H19ClN2O6/c1-26-11-16(23)21-14-8-7-12(20)10-15(14)22-9-5-4-6-13(18(24)27-2)17(22)19(25)28-3/h4-10H,11H2,1-3H3,(H,21,23). The highest BCUT2D eigenvalue weighted by molar-refractivity contribution is 6.31. The monoisotopic (exact) mass is 406 g/mol. The summed E-state index contributed by atoms with van der Waals surface area (Å²) in [6.45, 7) is -0.160. The first-order chi connectivity index (χ1) is 13.4. The van der Waals surface area contributed by atoms with Gasteiger partial charge in [0, 0.05) is 18.3 Å². The number of halogens is 1. The molecule has 1 aliphatic heterocycles. The fourth-order valence-corrected chi connectivity index (χ4v) is 2.64. The number of ether oxygens (including phenoxy) is 3. The summed E-state index contributed by atoms with van der Waals surface area (Å²) in [7, 11) is 3.79. The van der Waals surface area contributed by atoms with Gasteiger partial charge in [0.1, 0.15) is 12.3 Å². The van der Waals surface area contributed by atoms with E-state index in [1.54, 1.807) is 24.3 Å². The molecule has 1 heterocycles. The Morgan fingerprint density at radius 3 is 2.43 bits per heavy atom. The van der Waals surface area contributed by atoms with Gasteiger partial charge in [-0.3, -0.25) is 4.79 Å². The molecule has 0 aromatic heterocycles. The molecule has 148 valence electrons. The van der Waals surface area contributed by atoms with Crippen LogP contribution in [-0.4, -0.2) is 45.8 Å². The number of esters is 2. The van der Waals surface area contributed by atoms with Crippen LogP contribution in [0.1, 0.15) is 0 Å². The molecule has 0 saturated heterocycles. The fourth-order valence-electron chi connectivity index (χ4n) is 2.48. The molecule has 9 heteroatoms. The zero-order valence-electron chi connectivity index (χ0n) is 15.5. The topological polar surface area (TPSA) is 94.2 Å². The summed E-state index contributed by atoms with van der Waals surface area (Å²) in [4.78, 5) is 38.1. The summed E-state index contributed by atoms with van der Waals surface area (Å²) in [6, 6.07) is 4.69. The van der Waals surface area contributed by atoms with Crippen molar-refractivity contribution in [1.82, 2.24) is 0 Å². The van der Waals surface area contributed by atoms with Crippen molar-refractivity contribution in [3.8, 4) is 0 Å². The molecule has 1 aromatic rings. The Hall–Kier alpha value is -3.10. The van der Waals surface area contributed by atoms with E-state index in [4.69, 9.17) is 25.8 Å². The number of carbonyl (C=O) groups is 3. The van der Waals surface area contributed by atoms with Crippen molar-refractivity contribution < 1.29 is 28.6 Å². The third kappa shape index (κ3) is 4.79. The van der Waals surface area contributed by atoms with Crippen LogP contribution in [0.4, 0.5) is 11.4 Å². The first-order valence-electron chi connectivity index (χ1n) is 8.06. The number of hydrogen-bond donors (Lipinski definition) is 1. The number of nitrogens with zero attached hydrogens (tertiary/aromatic N) is 1. The molecule has 0 saturated carbocycles. The Morgan fingerprint density at radius 2 is 1.79 bits per heavy atom. The van der Waals surface area contributed by atoms with Crippen molar-refractivity contribution >= 4 is 40.8 Å². The van der Waals surface area contributed by atoms with E-state index < -0.39 is 17.8 Å². The summed E-state index contributed by atoms with van der Waals surface area (Å²) in [5.41, 5.74) is 0.583. The smallest absolute Gasteiger partial charge is 0.355 e. The van der Waals surface area contributed by atoms with Crippen molar-refractivity contribution in [3.05, 3.63) is 58.9 Å². The normalized spacial score (nSPS) is 13.2. The Morgan fingerprint density at radius 1 is 1.07 bits per heavy atom. The number of rotatable bonds is 6. The molecule has 0 fully saturated rings. The first-order valence-corrected chi connectivity index (χ1v) is 8.44. The highest BCUT2D eigenvalue weighted by Gasteiger charge is 2.29. The highest BCUT2D eigenvalue weighted by atomic mass is 35.5. The van der Waals surface area contributed by atoms with Gasteiger partial charge in [-0.1, -0.05) is 17.7 Å². The summed E-state index contributed by atoms with van der Waals surface area (Å²) in [5.74, 6) is -1.90. The van der Waals surface area contributed by atoms with Crippen molar-refractivity contribution in [1.29, 1.82) is 0 Å². The van der Waals surface area contributed by atoms with Gasteiger partial charge in [-0.05, 0) is 30.4 Å². The van der Waals surface area contributed by atoms with E-state index in [0.29, 0.717) is 16.4 Å². The zero-order chi connectivity index (χ0) is 20.7. The minimum Gasteiger partial charge on any atom is -0.465 e. The highest BCUT2D eigenvalue weighted by Crippen LogP contribution is 2.34. The predicted octanol–water partition coefficient (Wildman–Crippen LogP) is 2.41. The zero-order valence-corrected chi connectivity index (χ0v) is 16.3. The Labute approximate surface area is 167 Å². The minimum atomic E-state index is -0.772. The van der Waals surface area contributed by atoms with E-state index in [9.17, 15) is 14.4 Å². The third-order valence-electron chi connectivity index (χ3n) is 3.66. The van der Waals surface area contributed by atoms with E-state index in [2.05, 4.69) is 5.32 Å². The van der Waals surface area contributed by atoms with Crippen LogP contribution in [-0.2, 0) is 28.6 Å². The van der Waals surface area contributed by atoms with Crippen LogP contribution in [0, 0.1) is 0 Å². The number of carbonyl (C=O) groups excluding carboxylic acids is 3. The second kappa shape index (κ2) is 9.72. The molecular weight excluding hydrogens is 388 g/mol. The average Bonchev–Trinajstić information content (AvgIpc) is 2.91. The molecule has 1 aliphatic rings. The van der Waals surface area contributed by atoms with Gasteiger partial charge < -0.3 is 24.4 Å². The predicted molar refractivity (Wildman–Crippen MR) is 104 cm³/mol. The van der Waals surface area contributed by atoms with E-state index in [1.165, 1.54) is 44.6 Å². The molecule has 1 N–H and O–H groups in total. The van der Waals surface area contributed by atoms with Crippen LogP contribution in [0.15, 0.2) is 53.9 Å². The first kappa shape index (κ1) is 21.2. The van der Waals surface area contributed by atoms with Gasteiger partial charge in [0.2, 0.25) is 5.91 Å². The fraction of sp³-hybridized carbons (Fsp3) is 0.211. The molecular formula is C19H19ClN2O6. The van der Waals surface area contributed by atoms with Gasteiger partial charge in [0.05, 0.1) is 31.2 Å². The van der Waals surface area contributed by atoms with Crippen molar-refractivity contribution in [2.75, 3.05) is 38.2 Å². The van der Waals surface area contributed by atoms with Crippen LogP contribution < -0.4 is 10.2 Å². The maximum absolute atomic E-state index is 12.5. The van der Waals surface area contributed by atoms with Crippen molar-refractivity contribution in [2.45, 2.75) is 0 Å². The number of methoxy groups -OCH3 is 3. The van der Waals surface area contributed by atoms with E-state index >= 15 is 0 Å². The lowest BCUT2D eigenvalue weighted by Crippen LogP contribution is -2.28. The largest absolute Gasteiger partial charge is 0.465 e. The minimum absolute atomic E-state index is 0.0199. The van der Waals surface area contributed by atoms with Gasteiger partial charge in [-0.25, -0.2) is 9.59 Å². The molecule has 2 rings (SSSR count). The van der Waals surface area contributed by atoms with Crippen LogP contribution in [0.5, 0.6) is 0 Å². The molecule has 1 aromatic carbocycles. The maximum Gasteiger partial charge on any atom is 0.355 e. The summed E-state index contributed by atoms with van der Waals surface area (Å²) in [6.07, 6.45) is 6.15. The molecule has 8 nitrogen and oxygen atoms in total. The molecule has 0 spiro atoms. The second-order valence-corrected chi connectivity index (χ2v) is 5.90. The summed E-state index contributed by atoms with van der Waals surface area (Å²) < 4.78 is 14.5. The van der Waals surface area contributed by atoms with Crippen LogP contribution in [0.25, 0.3) is 0 Å². The van der Waals surface area contributed by atoms with Gasteiger partial charge in [-0.2, -0.15) is 0 Å². The SMILES string of the molecule is COCC(=O)Nc1ccc(Cl)cc1N1C=CC=CC(C(=O)OC)=C1C(=O)OC. The lowest BCUT2D eigenvalue weighted by molar-refractivity contribution is -0.139. The van der Waals surface area contributed by atoms with Crippen LogP contribution in [0.3, 0.4) is 0 Å². The Kier molecular flexibility index (Phi) is 7.36. The van der Waals surface area contributed by atoms with Crippen molar-refractivity contribution in [2.24, 2.45) is 0 Å². The van der Waals surface area contributed by atoms with E-state index in [1.807, 2.05) is 0 Å². The number of hydrogen-bond acceptors (Lipinski definition) is 7. The van der Waals surface area contributed by atoms with Gasteiger partial charge in [-0.15, -0.1) is 0 Å². The Bertz CT molecular complexity index is 875. The van der Waals surface area contributed by atoms with E-state index in [-0.39, 0.29) is 17.9 Å². The number of nitrogens with one attached hydrogen (secondary N) is 1. The third-order valence-corrected chi connectivity index (χ3v) is 3.89. The number of benzene rings is 1. The van der Waals surface area contributed by atoms with Gasteiger partial charge >= 0.3 is 11.9 Å². The lowest BCUT2D eigenvalue weighted by Gasteiger charge is -2.25. The number of allylic oxidation sites excluding steroid dienone is 2. The van der Waals surface area contributed by atoms with E-state index in [0.717, 1.165) is 0 Å². The van der Waals surface area contributed by atoms with Gasteiger partial charge in [0.25, 0.3) is 0 Å².